The number of rotatable bonds is 3. The lowest BCUT2D eigenvalue weighted by Crippen LogP contribution is -2.44. The van der Waals surface area contributed by atoms with Gasteiger partial charge in [0.1, 0.15) is 0 Å². The SMILES string of the molecule is CC(C)NC1CCN(c2cccc(C#N)c2)CC1. The van der Waals surface area contributed by atoms with Gasteiger partial charge in [-0.15, -0.1) is 0 Å². The fraction of sp³-hybridized carbons (Fsp3) is 0.533. The van der Waals surface area contributed by atoms with Crippen LogP contribution in [0.25, 0.3) is 0 Å². The molecule has 1 saturated heterocycles. The second-order valence-corrected chi connectivity index (χ2v) is 5.24. The van der Waals surface area contributed by atoms with Gasteiger partial charge in [-0.3, -0.25) is 0 Å². The van der Waals surface area contributed by atoms with Gasteiger partial charge < -0.3 is 10.2 Å². The molecule has 0 atom stereocenters. The molecule has 1 fully saturated rings. The Labute approximate surface area is 109 Å². The molecule has 0 unspecified atom stereocenters. The van der Waals surface area contributed by atoms with Crippen molar-refractivity contribution in [2.45, 2.75) is 38.8 Å². The first-order valence-electron chi connectivity index (χ1n) is 6.70. The molecule has 0 saturated carbocycles. The molecular weight excluding hydrogens is 222 g/mol. The molecule has 0 bridgehead atoms. The first-order chi connectivity index (χ1) is 8.69. The minimum absolute atomic E-state index is 0.559. The van der Waals surface area contributed by atoms with E-state index in [1.54, 1.807) is 0 Å². The first kappa shape index (κ1) is 12.9. The van der Waals surface area contributed by atoms with Crippen molar-refractivity contribution in [3.05, 3.63) is 29.8 Å². The summed E-state index contributed by atoms with van der Waals surface area (Å²) in [6.45, 7) is 6.53. The van der Waals surface area contributed by atoms with Crippen LogP contribution in [0.2, 0.25) is 0 Å². The highest BCUT2D eigenvalue weighted by Gasteiger charge is 2.19. The molecule has 0 spiro atoms. The summed E-state index contributed by atoms with van der Waals surface area (Å²) in [5.74, 6) is 0. The maximum Gasteiger partial charge on any atom is 0.0992 e. The fourth-order valence-corrected chi connectivity index (χ4v) is 2.55. The predicted octanol–water partition coefficient (Wildman–Crippen LogP) is 2.53. The average molecular weight is 243 g/mol. The molecule has 0 aliphatic carbocycles. The van der Waals surface area contributed by atoms with E-state index < -0.39 is 0 Å². The summed E-state index contributed by atoms with van der Waals surface area (Å²) in [5, 5.41) is 12.5. The van der Waals surface area contributed by atoms with Gasteiger partial charge in [0.05, 0.1) is 11.6 Å². The molecule has 18 heavy (non-hydrogen) atoms. The number of nitrogens with zero attached hydrogens (tertiary/aromatic N) is 2. The number of piperidine rings is 1. The predicted molar refractivity (Wildman–Crippen MR) is 74.7 cm³/mol. The third-order valence-electron chi connectivity index (χ3n) is 3.40. The van der Waals surface area contributed by atoms with Gasteiger partial charge in [0, 0.05) is 30.9 Å². The summed E-state index contributed by atoms with van der Waals surface area (Å²) in [6, 6.07) is 11.3. The second kappa shape index (κ2) is 5.88. The highest BCUT2D eigenvalue weighted by atomic mass is 15.1. The Morgan fingerprint density at radius 1 is 1.33 bits per heavy atom. The quantitative estimate of drug-likeness (QED) is 0.886. The molecule has 3 heteroatoms. The highest BCUT2D eigenvalue weighted by Crippen LogP contribution is 2.21. The zero-order chi connectivity index (χ0) is 13.0. The average Bonchev–Trinajstić information content (AvgIpc) is 2.39. The molecule has 1 heterocycles. The van der Waals surface area contributed by atoms with Crippen molar-refractivity contribution in [2.75, 3.05) is 18.0 Å². The molecule has 2 rings (SSSR count). The minimum atomic E-state index is 0.559. The van der Waals surface area contributed by atoms with E-state index >= 15 is 0 Å². The van der Waals surface area contributed by atoms with E-state index in [0.717, 1.165) is 18.7 Å². The van der Waals surface area contributed by atoms with Crippen molar-refractivity contribution in [3.63, 3.8) is 0 Å². The lowest BCUT2D eigenvalue weighted by atomic mass is 10.0. The van der Waals surface area contributed by atoms with Crippen LogP contribution in [0.4, 0.5) is 5.69 Å². The molecule has 0 radical (unpaired) electrons. The molecule has 3 nitrogen and oxygen atoms in total. The van der Waals surface area contributed by atoms with Gasteiger partial charge in [0.2, 0.25) is 0 Å². The summed E-state index contributed by atoms with van der Waals surface area (Å²) in [6.07, 6.45) is 2.35. The summed E-state index contributed by atoms with van der Waals surface area (Å²) in [5.41, 5.74) is 1.92. The zero-order valence-corrected chi connectivity index (χ0v) is 11.2. The van der Waals surface area contributed by atoms with Crippen LogP contribution in [0.5, 0.6) is 0 Å². The van der Waals surface area contributed by atoms with Gasteiger partial charge in [-0.05, 0) is 31.0 Å². The van der Waals surface area contributed by atoms with Crippen LogP contribution < -0.4 is 10.2 Å². The largest absolute Gasteiger partial charge is 0.371 e. The fourth-order valence-electron chi connectivity index (χ4n) is 2.55. The molecular formula is C15H21N3. The molecule has 1 aromatic rings. The highest BCUT2D eigenvalue weighted by molar-refractivity contribution is 5.51. The standard InChI is InChI=1S/C15H21N3/c1-12(2)17-14-6-8-18(9-7-14)15-5-3-4-13(10-15)11-16/h3-5,10,12,14,17H,6-9H2,1-2H3. The van der Waals surface area contributed by atoms with E-state index in [9.17, 15) is 0 Å². The number of hydrogen-bond acceptors (Lipinski definition) is 3. The zero-order valence-electron chi connectivity index (χ0n) is 11.2. The Hall–Kier alpha value is -1.53. The number of anilines is 1. The van der Waals surface area contributed by atoms with Crippen LogP contribution in [0.15, 0.2) is 24.3 Å². The smallest absolute Gasteiger partial charge is 0.0992 e. The van der Waals surface area contributed by atoms with Crippen molar-refractivity contribution in [3.8, 4) is 6.07 Å². The van der Waals surface area contributed by atoms with Crippen LogP contribution >= 0.6 is 0 Å². The van der Waals surface area contributed by atoms with E-state index in [1.165, 1.54) is 18.5 Å². The third-order valence-corrected chi connectivity index (χ3v) is 3.40. The van der Waals surface area contributed by atoms with E-state index in [1.807, 2.05) is 18.2 Å². The molecule has 0 aromatic heterocycles. The third kappa shape index (κ3) is 3.24. The second-order valence-electron chi connectivity index (χ2n) is 5.24. The van der Waals surface area contributed by atoms with E-state index in [-0.39, 0.29) is 0 Å². The molecule has 1 aliphatic heterocycles. The van der Waals surface area contributed by atoms with E-state index in [2.05, 4.69) is 36.2 Å². The van der Waals surface area contributed by atoms with Crippen molar-refractivity contribution in [1.29, 1.82) is 5.26 Å². The normalized spacial score (nSPS) is 16.9. The summed E-state index contributed by atoms with van der Waals surface area (Å²) < 4.78 is 0. The van der Waals surface area contributed by atoms with Crippen molar-refractivity contribution in [2.24, 2.45) is 0 Å². The Bertz CT molecular complexity index is 426. The van der Waals surface area contributed by atoms with Crippen LogP contribution in [0.1, 0.15) is 32.3 Å². The van der Waals surface area contributed by atoms with Crippen LogP contribution in [-0.4, -0.2) is 25.2 Å². The molecule has 0 amide bonds. The summed E-state index contributed by atoms with van der Waals surface area (Å²) in [7, 11) is 0. The van der Waals surface area contributed by atoms with Gasteiger partial charge in [0.25, 0.3) is 0 Å². The lowest BCUT2D eigenvalue weighted by Gasteiger charge is -2.35. The van der Waals surface area contributed by atoms with Crippen LogP contribution in [-0.2, 0) is 0 Å². The van der Waals surface area contributed by atoms with Gasteiger partial charge in [-0.2, -0.15) is 5.26 Å². The van der Waals surface area contributed by atoms with Crippen molar-refractivity contribution in [1.82, 2.24) is 5.32 Å². The number of nitriles is 1. The maximum absolute atomic E-state index is 8.92. The monoisotopic (exact) mass is 243 g/mol. The Morgan fingerprint density at radius 3 is 2.67 bits per heavy atom. The van der Waals surface area contributed by atoms with Gasteiger partial charge in [-0.25, -0.2) is 0 Å². The molecule has 1 aromatic carbocycles. The maximum atomic E-state index is 8.92. The molecule has 1 aliphatic rings. The number of benzene rings is 1. The van der Waals surface area contributed by atoms with Gasteiger partial charge >= 0.3 is 0 Å². The molecule has 1 N–H and O–H groups in total. The van der Waals surface area contributed by atoms with Crippen molar-refractivity contribution < 1.29 is 0 Å². The van der Waals surface area contributed by atoms with Crippen LogP contribution in [0.3, 0.4) is 0 Å². The summed E-state index contributed by atoms with van der Waals surface area (Å²) in [4.78, 5) is 2.37. The Balaban J connectivity index is 1.95. The number of nitrogens with one attached hydrogen (secondary N) is 1. The molecule has 96 valence electrons. The van der Waals surface area contributed by atoms with Crippen molar-refractivity contribution >= 4 is 5.69 Å². The van der Waals surface area contributed by atoms with Crippen LogP contribution in [0, 0.1) is 11.3 Å². The Kier molecular flexibility index (Phi) is 4.22. The van der Waals surface area contributed by atoms with Gasteiger partial charge in [-0.1, -0.05) is 19.9 Å². The number of hydrogen-bond donors (Lipinski definition) is 1. The van der Waals surface area contributed by atoms with E-state index in [4.69, 9.17) is 5.26 Å². The Morgan fingerprint density at radius 2 is 2.06 bits per heavy atom. The summed E-state index contributed by atoms with van der Waals surface area (Å²) >= 11 is 0. The lowest BCUT2D eigenvalue weighted by molar-refractivity contribution is 0.387. The van der Waals surface area contributed by atoms with Gasteiger partial charge in [0.15, 0.2) is 0 Å². The van der Waals surface area contributed by atoms with E-state index in [0.29, 0.717) is 12.1 Å². The topological polar surface area (TPSA) is 39.1 Å². The minimum Gasteiger partial charge on any atom is -0.371 e. The first-order valence-corrected chi connectivity index (χ1v) is 6.70.